The minimum atomic E-state index is -4.71. The number of ether oxygens (including phenoxy) is 2. The number of nitrogens with zero attached hydrogens (tertiary/aromatic N) is 1. The van der Waals surface area contributed by atoms with Crippen LogP contribution >= 0.6 is 0 Å². The lowest BCUT2D eigenvalue weighted by Crippen LogP contribution is -2.42. The topological polar surface area (TPSA) is 75.1 Å². The van der Waals surface area contributed by atoms with E-state index in [2.05, 4.69) is 15.4 Å². The van der Waals surface area contributed by atoms with E-state index in [1.807, 2.05) is 6.92 Å². The third-order valence-electron chi connectivity index (χ3n) is 5.67. The first-order chi connectivity index (χ1) is 14.8. The van der Waals surface area contributed by atoms with Gasteiger partial charge in [-0.25, -0.2) is 0 Å². The Morgan fingerprint density at radius 1 is 1.23 bits per heavy atom. The first kappa shape index (κ1) is 25.3. The van der Waals surface area contributed by atoms with Gasteiger partial charge in [0, 0.05) is 45.9 Å². The Morgan fingerprint density at radius 2 is 1.94 bits per heavy atom. The number of benzene rings is 1. The molecule has 1 aliphatic carbocycles. The molecule has 1 aliphatic rings. The first-order valence-corrected chi connectivity index (χ1v) is 10.8. The predicted octanol–water partition coefficient (Wildman–Crippen LogP) is 3.50. The van der Waals surface area contributed by atoms with Crippen molar-refractivity contribution in [2.24, 2.45) is 16.3 Å². The quantitative estimate of drug-likeness (QED) is 0.339. The third kappa shape index (κ3) is 8.95. The number of hydrogen-bond donors (Lipinski definition) is 3. The molecule has 0 bridgehead atoms. The summed E-state index contributed by atoms with van der Waals surface area (Å²) in [5.41, 5.74) is 1.04. The third-order valence-corrected chi connectivity index (χ3v) is 5.67. The number of rotatable bonds is 12. The summed E-state index contributed by atoms with van der Waals surface area (Å²) in [5, 5.41) is 16.3. The van der Waals surface area contributed by atoms with Crippen molar-refractivity contribution in [2.75, 3.05) is 40.0 Å². The summed E-state index contributed by atoms with van der Waals surface area (Å²) >= 11 is 0. The van der Waals surface area contributed by atoms with Crippen LogP contribution in [0.2, 0.25) is 0 Å². The minimum Gasteiger partial charge on any atom is -0.406 e. The van der Waals surface area contributed by atoms with E-state index in [0.29, 0.717) is 18.9 Å². The van der Waals surface area contributed by atoms with Crippen molar-refractivity contribution in [3.05, 3.63) is 29.8 Å². The summed E-state index contributed by atoms with van der Waals surface area (Å²) < 4.78 is 46.0. The van der Waals surface area contributed by atoms with Gasteiger partial charge in [0.2, 0.25) is 0 Å². The Bertz CT molecular complexity index is 677. The molecule has 0 heterocycles. The number of alkyl halides is 3. The monoisotopic (exact) mass is 445 g/mol. The maximum atomic E-state index is 12.3. The smallest absolute Gasteiger partial charge is 0.406 e. The number of hydrogen-bond acceptors (Lipinski definition) is 4. The highest BCUT2D eigenvalue weighted by Gasteiger charge is 2.36. The summed E-state index contributed by atoms with van der Waals surface area (Å²) in [7, 11) is 1.72. The number of aliphatic hydroxyl groups is 1. The van der Waals surface area contributed by atoms with Crippen molar-refractivity contribution in [3.63, 3.8) is 0 Å². The normalized spacial score (nSPS) is 17.0. The number of guanidine groups is 1. The van der Waals surface area contributed by atoms with E-state index in [1.54, 1.807) is 19.2 Å². The molecule has 3 N–H and O–H groups in total. The number of nitrogens with one attached hydrogen (secondary N) is 2. The molecule has 1 atom stereocenters. The van der Waals surface area contributed by atoms with Crippen LogP contribution in [-0.2, 0) is 11.2 Å². The molecule has 0 aliphatic heterocycles. The molecule has 1 aromatic carbocycles. The molecule has 0 amide bonds. The van der Waals surface area contributed by atoms with Crippen LogP contribution in [0.4, 0.5) is 13.2 Å². The van der Waals surface area contributed by atoms with Crippen molar-refractivity contribution in [2.45, 2.75) is 45.4 Å². The van der Waals surface area contributed by atoms with Crippen LogP contribution in [0.15, 0.2) is 29.3 Å². The Balaban J connectivity index is 1.89. The van der Waals surface area contributed by atoms with Gasteiger partial charge in [0.05, 0.1) is 0 Å². The number of halogens is 3. The lowest BCUT2D eigenvalue weighted by Gasteiger charge is -2.40. The van der Waals surface area contributed by atoms with Crippen LogP contribution in [0, 0.1) is 11.3 Å². The van der Waals surface area contributed by atoms with Crippen LogP contribution in [0.25, 0.3) is 0 Å². The molecule has 0 saturated heterocycles. The van der Waals surface area contributed by atoms with E-state index >= 15 is 0 Å². The summed E-state index contributed by atoms with van der Waals surface area (Å²) in [6.45, 7) is 4.63. The highest BCUT2D eigenvalue weighted by atomic mass is 19.4. The second-order valence-electron chi connectivity index (χ2n) is 8.12. The largest absolute Gasteiger partial charge is 0.573 e. The van der Waals surface area contributed by atoms with Gasteiger partial charge < -0.3 is 25.2 Å². The Hall–Kier alpha value is -2.00. The second kappa shape index (κ2) is 12.1. The van der Waals surface area contributed by atoms with Crippen LogP contribution < -0.4 is 15.4 Å². The van der Waals surface area contributed by atoms with Gasteiger partial charge in [-0.3, -0.25) is 4.99 Å². The van der Waals surface area contributed by atoms with Crippen LogP contribution in [0.3, 0.4) is 0 Å². The van der Waals surface area contributed by atoms with E-state index < -0.39 is 6.36 Å². The van der Waals surface area contributed by atoms with Gasteiger partial charge >= 0.3 is 6.36 Å². The molecule has 1 aromatic rings. The Labute approximate surface area is 182 Å². The zero-order chi connectivity index (χ0) is 22.7. The molecule has 2 rings (SSSR count). The molecular weight excluding hydrogens is 411 g/mol. The van der Waals surface area contributed by atoms with Crippen molar-refractivity contribution < 1.29 is 27.8 Å². The molecule has 1 unspecified atom stereocenters. The van der Waals surface area contributed by atoms with Gasteiger partial charge in [0.15, 0.2) is 5.96 Å². The molecular formula is C22H34F3N3O3. The van der Waals surface area contributed by atoms with Gasteiger partial charge in [-0.2, -0.15) is 0 Å². The highest BCUT2D eigenvalue weighted by Crippen LogP contribution is 2.44. The second-order valence-corrected chi connectivity index (χ2v) is 8.12. The van der Waals surface area contributed by atoms with Crippen molar-refractivity contribution in [1.82, 2.24) is 10.6 Å². The zero-order valence-electron chi connectivity index (χ0n) is 18.3. The summed E-state index contributed by atoms with van der Waals surface area (Å²) in [6, 6.07) is 5.74. The summed E-state index contributed by atoms with van der Waals surface area (Å²) in [4.78, 5) is 4.75. The average molecular weight is 446 g/mol. The molecule has 1 saturated carbocycles. The SMILES string of the molecule is CCNC(=NCC1(CCOC)CCC1)NCC(CO)Cc1ccc(OC(F)(F)F)cc1. The lowest BCUT2D eigenvalue weighted by atomic mass is 9.67. The molecule has 6 nitrogen and oxygen atoms in total. The van der Waals surface area contributed by atoms with E-state index in [4.69, 9.17) is 9.73 Å². The molecule has 1 fully saturated rings. The molecule has 0 spiro atoms. The van der Waals surface area contributed by atoms with E-state index in [1.165, 1.54) is 18.6 Å². The van der Waals surface area contributed by atoms with Gasteiger partial charge in [-0.15, -0.1) is 13.2 Å². The molecule has 176 valence electrons. The maximum Gasteiger partial charge on any atom is 0.573 e. The van der Waals surface area contributed by atoms with E-state index in [9.17, 15) is 18.3 Å². The predicted molar refractivity (Wildman–Crippen MR) is 114 cm³/mol. The maximum absolute atomic E-state index is 12.3. The first-order valence-electron chi connectivity index (χ1n) is 10.8. The summed E-state index contributed by atoms with van der Waals surface area (Å²) in [5.74, 6) is 0.345. The molecule has 0 aromatic heterocycles. The summed E-state index contributed by atoms with van der Waals surface area (Å²) in [6.07, 6.45) is 0.358. The zero-order valence-corrected chi connectivity index (χ0v) is 18.3. The van der Waals surface area contributed by atoms with Gasteiger partial charge in [-0.1, -0.05) is 18.6 Å². The fourth-order valence-corrected chi connectivity index (χ4v) is 3.67. The number of methoxy groups -OCH3 is 1. The minimum absolute atomic E-state index is 0.0506. The van der Waals surface area contributed by atoms with Crippen LogP contribution in [0.5, 0.6) is 5.75 Å². The molecule has 9 heteroatoms. The Morgan fingerprint density at radius 3 is 2.45 bits per heavy atom. The highest BCUT2D eigenvalue weighted by molar-refractivity contribution is 5.79. The van der Waals surface area contributed by atoms with Gasteiger partial charge in [0.1, 0.15) is 5.75 Å². The van der Waals surface area contributed by atoms with Gasteiger partial charge in [-0.05, 0) is 55.7 Å². The Kier molecular flexibility index (Phi) is 9.90. The number of aliphatic imine (C=N–C) groups is 1. The molecule has 0 radical (unpaired) electrons. The number of aliphatic hydroxyl groups excluding tert-OH is 1. The fourth-order valence-electron chi connectivity index (χ4n) is 3.67. The van der Waals surface area contributed by atoms with E-state index in [-0.39, 0.29) is 23.7 Å². The van der Waals surface area contributed by atoms with Crippen molar-refractivity contribution >= 4 is 5.96 Å². The average Bonchev–Trinajstić information content (AvgIpc) is 2.69. The molecule has 31 heavy (non-hydrogen) atoms. The fraction of sp³-hybridized carbons (Fsp3) is 0.682. The lowest BCUT2D eigenvalue weighted by molar-refractivity contribution is -0.274. The van der Waals surface area contributed by atoms with Crippen LogP contribution in [0.1, 0.15) is 38.2 Å². The van der Waals surface area contributed by atoms with E-state index in [0.717, 1.165) is 44.5 Å². The standard InChI is InChI=1S/C22H34F3N3O3/c1-3-26-20(28-16-21(9-4-10-21)11-12-30-2)27-14-18(15-29)13-17-5-7-19(8-6-17)31-22(23,24)25/h5-8,18,29H,3-4,9-16H2,1-2H3,(H2,26,27,28). The van der Waals surface area contributed by atoms with Crippen LogP contribution in [-0.4, -0.2) is 57.4 Å². The van der Waals surface area contributed by atoms with Gasteiger partial charge in [0.25, 0.3) is 0 Å². The van der Waals surface area contributed by atoms with Crippen molar-refractivity contribution in [1.29, 1.82) is 0 Å². The van der Waals surface area contributed by atoms with Crippen molar-refractivity contribution in [3.8, 4) is 5.75 Å².